The Morgan fingerprint density at radius 3 is 1.89 bits per heavy atom. The SMILES string of the molecule is CC(C)=C[SiH2][Si](Cl)(Cl)Cl. The van der Waals surface area contributed by atoms with Crippen molar-refractivity contribution in [3.8, 4) is 0 Å². The Hall–Kier alpha value is 1.04. The summed E-state index contributed by atoms with van der Waals surface area (Å²) >= 11 is 17.0. The molecule has 0 spiro atoms. The topological polar surface area (TPSA) is 0 Å². The first-order valence-electron chi connectivity index (χ1n) is 2.62. The van der Waals surface area contributed by atoms with Crippen LogP contribution in [0.3, 0.4) is 0 Å². The Kier molecular flexibility index (Phi) is 4.50. The number of hydrogen-bond acceptors (Lipinski definition) is 0. The van der Waals surface area contributed by atoms with Crippen LogP contribution >= 0.6 is 33.2 Å². The summed E-state index contributed by atoms with van der Waals surface area (Å²) < 4.78 is 0. The summed E-state index contributed by atoms with van der Waals surface area (Å²) in [6.45, 7) is 4.05. The summed E-state index contributed by atoms with van der Waals surface area (Å²) in [6.07, 6.45) is 0. The van der Waals surface area contributed by atoms with Gasteiger partial charge in [-0.15, -0.1) is 38.9 Å². The van der Waals surface area contributed by atoms with Crippen LogP contribution in [0.25, 0.3) is 0 Å². The van der Waals surface area contributed by atoms with Crippen molar-refractivity contribution in [2.24, 2.45) is 0 Å². The molecule has 5 heteroatoms. The highest BCUT2D eigenvalue weighted by atomic mass is 35.8. The average Bonchev–Trinajstić information content (AvgIpc) is 1.59. The van der Waals surface area contributed by atoms with Gasteiger partial charge >= 0.3 is 5.52 Å². The Morgan fingerprint density at radius 2 is 1.78 bits per heavy atom. The third-order valence-corrected chi connectivity index (χ3v) is 8.39. The molecule has 0 amide bonds. The van der Waals surface area contributed by atoms with Crippen LogP contribution in [-0.4, -0.2) is 14.6 Å². The molecule has 0 rings (SSSR count). The van der Waals surface area contributed by atoms with Crippen molar-refractivity contribution >= 4 is 47.8 Å². The standard InChI is InChI=1S/C4H9Cl3Si2/c1-4(2)3-8-9(5,6)7/h3H,8H2,1-2H3. The summed E-state index contributed by atoms with van der Waals surface area (Å²) in [5.41, 5.74) is 1.12. The van der Waals surface area contributed by atoms with Crippen LogP contribution in [-0.2, 0) is 0 Å². The maximum absolute atomic E-state index is 5.66. The zero-order valence-corrected chi connectivity index (χ0v) is 10.1. The molecule has 0 unspecified atom stereocenters. The minimum Gasteiger partial charge on any atom is -0.130 e. The van der Waals surface area contributed by atoms with Gasteiger partial charge in [-0.05, 0) is 13.8 Å². The number of halogens is 3. The van der Waals surface area contributed by atoms with Crippen molar-refractivity contribution < 1.29 is 0 Å². The second-order valence-electron chi connectivity index (χ2n) is 2.10. The lowest BCUT2D eigenvalue weighted by Gasteiger charge is -2.01. The van der Waals surface area contributed by atoms with Crippen LogP contribution < -0.4 is 0 Å². The predicted molar refractivity (Wildman–Crippen MR) is 51.3 cm³/mol. The second kappa shape index (κ2) is 4.03. The van der Waals surface area contributed by atoms with E-state index in [0.29, 0.717) is 0 Å². The van der Waals surface area contributed by atoms with E-state index >= 15 is 0 Å². The Labute approximate surface area is 72.9 Å². The lowest BCUT2D eigenvalue weighted by atomic mass is 10.4. The zero-order chi connectivity index (χ0) is 7.49. The smallest absolute Gasteiger partial charge is 0.130 e. The fraction of sp³-hybridized carbons (Fsp3) is 0.500. The fourth-order valence-corrected chi connectivity index (χ4v) is 4.96. The van der Waals surface area contributed by atoms with E-state index in [1.54, 1.807) is 0 Å². The van der Waals surface area contributed by atoms with Crippen molar-refractivity contribution in [1.29, 1.82) is 0 Å². The van der Waals surface area contributed by atoms with Crippen molar-refractivity contribution in [3.63, 3.8) is 0 Å². The molecule has 0 N–H and O–H groups in total. The Bertz CT molecular complexity index is 111. The van der Waals surface area contributed by atoms with Crippen LogP contribution in [0.2, 0.25) is 0 Å². The van der Waals surface area contributed by atoms with E-state index in [2.05, 4.69) is 5.70 Å². The first-order valence-corrected chi connectivity index (χ1v) is 10.8. The summed E-state index contributed by atoms with van der Waals surface area (Å²) in [4.78, 5) is 0. The highest BCUT2D eigenvalue weighted by molar-refractivity contribution is 7.83. The van der Waals surface area contributed by atoms with Gasteiger partial charge in [-0.3, -0.25) is 0 Å². The van der Waals surface area contributed by atoms with Gasteiger partial charge in [-0.2, -0.15) is 0 Å². The third-order valence-electron chi connectivity index (χ3n) is 0.742. The van der Waals surface area contributed by atoms with Gasteiger partial charge in [0.15, 0.2) is 0 Å². The van der Waals surface area contributed by atoms with E-state index < -0.39 is 14.6 Å². The molecule has 0 radical (unpaired) electrons. The molecular weight excluding hydrogens is 211 g/mol. The highest BCUT2D eigenvalue weighted by Crippen LogP contribution is 2.17. The zero-order valence-electron chi connectivity index (χ0n) is 5.42. The van der Waals surface area contributed by atoms with E-state index in [0.717, 1.165) is 0 Å². The lowest BCUT2D eigenvalue weighted by molar-refractivity contribution is 1.41. The summed E-state index contributed by atoms with van der Waals surface area (Å²) in [5.74, 6) is 0. The summed E-state index contributed by atoms with van der Waals surface area (Å²) in [6, 6.07) is 0. The minimum atomic E-state index is -2.24. The molecule has 9 heavy (non-hydrogen) atoms. The molecular formula is C4H9Cl3Si2. The van der Waals surface area contributed by atoms with E-state index in [1.165, 1.54) is 5.57 Å². The van der Waals surface area contributed by atoms with Crippen molar-refractivity contribution in [2.45, 2.75) is 13.8 Å². The predicted octanol–water partition coefficient (Wildman–Crippen LogP) is 2.23. The normalized spacial score (nSPS) is 12.6. The van der Waals surface area contributed by atoms with E-state index in [1.807, 2.05) is 13.8 Å². The van der Waals surface area contributed by atoms with Gasteiger partial charge in [0.05, 0.1) is 9.04 Å². The molecule has 0 nitrogen and oxygen atoms in total. The highest BCUT2D eigenvalue weighted by Gasteiger charge is 2.22. The third kappa shape index (κ3) is 9.04. The van der Waals surface area contributed by atoms with Crippen LogP contribution in [0.1, 0.15) is 13.8 Å². The van der Waals surface area contributed by atoms with Gasteiger partial charge in [0.2, 0.25) is 0 Å². The molecule has 54 valence electrons. The molecule has 0 fully saturated rings. The first-order chi connectivity index (χ1) is 3.92. The largest absolute Gasteiger partial charge is 0.321 e. The first kappa shape index (κ1) is 10.0. The second-order valence-corrected chi connectivity index (χ2v) is 20.1. The Balaban J connectivity index is 3.64. The van der Waals surface area contributed by atoms with Crippen molar-refractivity contribution in [2.75, 3.05) is 0 Å². The van der Waals surface area contributed by atoms with Gasteiger partial charge in [-0.25, -0.2) is 0 Å². The molecule has 0 aliphatic heterocycles. The monoisotopic (exact) mass is 218 g/mol. The van der Waals surface area contributed by atoms with Crippen LogP contribution in [0.4, 0.5) is 0 Å². The van der Waals surface area contributed by atoms with Gasteiger partial charge in [0.25, 0.3) is 0 Å². The molecule has 0 aliphatic carbocycles. The number of rotatable bonds is 2. The van der Waals surface area contributed by atoms with Crippen molar-refractivity contribution in [1.82, 2.24) is 0 Å². The van der Waals surface area contributed by atoms with E-state index in [9.17, 15) is 0 Å². The van der Waals surface area contributed by atoms with E-state index in [4.69, 9.17) is 33.2 Å². The molecule has 0 saturated carbocycles. The van der Waals surface area contributed by atoms with Crippen LogP contribution in [0, 0.1) is 0 Å². The summed E-state index contributed by atoms with van der Waals surface area (Å²) in [5, 5.41) is 0. The molecule has 0 aromatic rings. The van der Waals surface area contributed by atoms with Crippen LogP contribution in [0.15, 0.2) is 11.3 Å². The van der Waals surface area contributed by atoms with Gasteiger partial charge in [0, 0.05) is 0 Å². The average molecular weight is 220 g/mol. The molecule has 0 saturated heterocycles. The lowest BCUT2D eigenvalue weighted by Crippen LogP contribution is -2.19. The maximum Gasteiger partial charge on any atom is 0.321 e. The fourth-order valence-electron chi connectivity index (χ4n) is 0.320. The van der Waals surface area contributed by atoms with Crippen LogP contribution in [0.5, 0.6) is 0 Å². The molecule has 0 aromatic heterocycles. The summed E-state index contributed by atoms with van der Waals surface area (Å²) in [7, 11) is -0.525. The number of allylic oxidation sites excluding steroid dienone is 1. The molecule has 0 atom stereocenters. The molecule has 0 aliphatic rings. The van der Waals surface area contributed by atoms with Gasteiger partial charge < -0.3 is 0 Å². The number of hydrogen-bond donors (Lipinski definition) is 0. The minimum absolute atomic E-state index is 0.525. The maximum atomic E-state index is 5.66. The van der Waals surface area contributed by atoms with Gasteiger partial charge in [0.1, 0.15) is 0 Å². The quantitative estimate of drug-likeness (QED) is 0.494. The van der Waals surface area contributed by atoms with Crippen molar-refractivity contribution in [3.05, 3.63) is 11.3 Å². The Morgan fingerprint density at radius 1 is 1.33 bits per heavy atom. The van der Waals surface area contributed by atoms with Gasteiger partial charge in [-0.1, -0.05) is 5.57 Å². The molecule has 0 aromatic carbocycles. The van der Waals surface area contributed by atoms with E-state index in [-0.39, 0.29) is 0 Å². The molecule has 0 heterocycles. The molecule has 0 bridgehead atoms.